The number of nitrogens with one attached hydrogen (secondary N) is 1. The van der Waals surface area contributed by atoms with Gasteiger partial charge in [-0.15, -0.1) is 10.2 Å². The van der Waals surface area contributed by atoms with Gasteiger partial charge in [0, 0.05) is 12.6 Å². The van der Waals surface area contributed by atoms with Gasteiger partial charge in [-0.3, -0.25) is 9.89 Å². The third kappa shape index (κ3) is 4.50. The molecule has 0 saturated carbocycles. The highest BCUT2D eigenvalue weighted by Crippen LogP contribution is 2.26. The number of alkyl halides is 3. The normalized spacial score (nSPS) is 12.7. The zero-order valence-electron chi connectivity index (χ0n) is 16.8. The molecule has 8 nitrogen and oxygen atoms in total. The van der Waals surface area contributed by atoms with Crippen LogP contribution in [0.15, 0.2) is 30.3 Å². The summed E-state index contributed by atoms with van der Waals surface area (Å²) in [4.78, 5) is 22.3. The van der Waals surface area contributed by atoms with E-state index < -0.39 is 17.9 Å². The second kappa shape index (κ2) is 8.64. The van der Waals surface area contributed by atoms with Crippen LogP contribution in [0.1, 0.15) is 48.1 Å². The van der Waals surface area contributed by atoms with Gasteiger partial charge in [0.2, 0.25) is 11.6 Å². The molecule has 0 aliphatic heterocycles. The number of amides is 1. The molecule has 2 aromatic heterocycles. The summed E-state index contributed by atoms with van der Waals surface area (Å²) in [7, 11) is 0. The zero-order chi connectivity index (χ0) is 21.9. The van der Waals surface area contributed by atoms with Crippen molar-refractivity contribution >= 4 is 5.91 Å². The average molecular weight is 421 g/mol. The Kier molecular flexibility index (Phi) is 6.18. The molecule has 0 fully saturated rings. The van der Waals surface area contributed by atoms with Gasteiger partial charge in [-0.2, -0.15) is 22.8 Å². The third-order valence-corrected chi connectivity index (χ3v) is 4.72. The Morgan fingerprint density at radius 3 is 2.47 bits per heavy atom. The van der Waals surface area contributed by atoms with Gasteiger partial charge in [0.25, 0.3) is 11.9 Å². The monoisotopic (exact) mass is 421 g/mol. The summed E-state index contributed by atoms with van der Waals surface area (Å²) in [5, 5.41) is 9.44. The van der Waals surface area contributed by atoms with Crippen LogP contribution in [0.2, 0.25) is 0 Å². The number of aryl methyl sites for hydroxylation is 1. The van der Waals surface area contributed by atoms with E-state index in [0.29, 0.717) is 13.0 Å². The summed E-state index contributed by atoms with van der Waals surface area (Å²) in [5.41, 5.74) is 1.10. The van der Waals surface area contributed by atoms with E-state index in [2.05, 4.69) is 20.2 Å². The van der Waals surface area contributed by atoms with Gasteiger partial charge in [0.05, 0.1) is 0 Å². The summed E-state index contributed by atoms with van der Waals surface area (Å²) >= 11 is 0. The Morgan fingerprint density at radius 1 is 1.20 bits per heavy atom. The molecule has 1 atom stereocenters. The van der Waals surface area contributed by atoms with Crippen molar-refractivity contribution in [3.05, 3.63) is 53.4 Å². The number of rotatable bonds is 7. The van der Waals surface area contributed by atoms with E-state index >= 15 is 0 Å². The van der Waals surface area contributed by atoms with Crippen LogP contribution in [0.3, 0.4) is 0 Å². The van der Waals surface area contributed by atoms with Crippen LogP contribution in [0.4, 0.5) is 13.2 Å². The number of likely N-dealkylation sites (N-methyl/N-ethyl adjacent to an activating group) is 1. The van der Waals surface area contributed by atoms with Crippen LogP contribution >= 0.6 is 0 Å². The molecule has 0 saturated heterocycles. The van der Waals surface area contributed by atoms with E-state index in [1.165, 1.54) is 6.92 Å². The van der Waals surface area contributed by atoms with Crippen molar-refractivity contribution < 1.29 is 18.0 Å². The maximum Gasteiger partial charge on any atom is 0.451 e. The summed E-state index contributed by atoms with van der Waals surface area (Å²) < 4.78 is 39.3. The maximum atomic E-state index is 13.1. The molecular weight excluding hydrogens is 399 g/mol. The molecule has 1 amide bonds. The number of nitrogens with zero attached hydrogens (tertiary/aromatic N) is 6. The molecule has 11 heteroatoms. The number of aromatic amines is 1. The number of carbonyl (C=O) groups is 1. The number of hydrogen-bond acceptors (Lipinski definition) is 5. The summed E-state index contributed by atoms with van der Waals surface area (Å²) in [6, 6.07) is 9.74. The largest absolute Gasteiger partial charge is 0.451 e. The van der Waals surface area contributed by atoms with E-state index in [9.17, 15) is 18.0 Å². The van der Waals surface area contributed by atoms with Gasteiger partial charge in [-0.25, -0.2) is 4.98 Å². The first-order valence-corrected chi connectivity index (χ1v) is 9.53. The molecule has 2 heterocycles. The van der Waals surface area contributed by atoms with E-state index in [1.54, 1.807) is 4.90 Å². The van der Waals surface area contributed by atoms with Crippen molar-refractivity contribution in [3.63, 3.8) is 0 Å². The molecule has 1 N–H and O–H groups in total. The average Bonchev–Trinajstić information content (AvgIpc) is 3.35. The molecule has 3 aromatic rings. The second-order valence-electron chi connectivity index (χ2n) is 6.72. The van der Waals surface area contributed by atoms with Crippen LogP contribution in [0, 0.1) is 6.92 Å². The first-order valence-electron chi connectivity index (χ1n) is 9.53. The Labute approximate surface area is 171 Å². The summed E-state index contributed by atoms with van der Waals surface area (Å²) in [5.74, 6) is -1.87. The highest BCUT2D eigenvalue weighted by atomic mass is 19.4. The van der Waals surface area contributed by atoms with Crippen LogP contribution in [-0.2, 0) is 12.6 Å². The number of aromatic nitrogens is 6. The fourth-order valence-electron chi connectivity index (χ4n) is 3.20. The Bertz CT molecular complexity index is 997. The van der Waals surface area contributed by atoms with E-state index in [0.717, 1.165) is 16.7 Å². The number of hydrogen-bond donors (Lipinski definition) is 1. The molecular formula is C19H22F3N7O. The lowest BCUT2D eigenvalue weighted by molar-refractivity contribution is -0.144. The number of H-pyrrole nitrogens is 1. The van der Waals surface area contributed by atoms with E-state index in [-0.39, 0.29) is 23.6 Å². The van der Waals surface area contributed by atoms with Crippen molar-refractivity contribution in [1.29, 1.82) is 0 Å². The summed E-state index contributed by atoms with van der Waals surface area (Å²) in [6.45, 7) is 5.81. The molecule has 0 bridgehead atoms. The predicted molar refractivity (Wildman–Crippen MR) is 102 cm³/mol. The van der Waals surface area contributed by atoms with Crippen LogP contribution < -0.4 is 0 Å². The quantitative estimate of drug-likeness (QED) is 0.633. The highest BCUT2D eigenvalue weighted by molar-refractivity contribution is 5.90. The maximum absolute atomic E-state index is 13.1. The Morgan fingerprint density at radius 2 is 1.90 bits per heavy atom. The lowest BCUT2D eigenvalue weighted by Crippen LogP contribution is -2.41. The topological polar surface area (TPSA) is 92.6 Å². The number of carbonyl (C=O) groups excluding carboxylic acids is 1. The molecule has 1 aromatic carbocycles. The molecule has 0 radical (unpaired) electrons. The minimum absolute atomic E-state index is 0.0718. The molecule has 30 heavy (non-hydrogen) atoms. The lowest BCUT2D eigenvalue weighted by Gasteiger charge is -2.29. The Balaban J connectivity index is 1.84. The number of halogens is 3. The van der Waals surface area contributed by atoms with Crippen molar-refractivity contribution in [3.8, 4) is 5.95 Å². The summed E-state index contributed by atoms with van der Waals surface area (Å²) in [6.07, 6.45) is -3.26. The van der Waals surface area contributed by atoms with Crippen LogP contribution in [0.5, 0.6) is 0 Å². The molecule has 1 unspecified atom stereocenters. The van der Waals surface area contributed by atoms with E-state index in [1.807, 2.05) is 49.3 Å². The Hall–Kier alpha value is -3.24. The van der Waals surface area contributed by atoms with Gasteiger partial charge in [0.1, 0.15) is 5.82 Å². The second-order valence-corrected chi connectivity index (χ2v) is 6.72. The predicted octanol–water partition coefficient (Wildman–Crippen LogP) is 3.20. The van der Waals surface area contributed by atoms with Crippen molar-refractivity contribution in [2.24, 2.45) is 0 Å². The van der Waals surface area contributed by atoms with Crippen molar-refractivity contribution in [2.75, 3.05) is 6.54 Å². The van der Waals surface area contributed by atoms with Gasteiger partial charge >= 0.3 is 6.18 Å². The van der Waals surface area contributed by atoms with Gasteiger partial charge < -0.3 is 4.90 Å². The van der Waals surface area contributed by atoms with E-state index in [4.69, 9.17) is 0 Å². The minimum atomic E-state index is -4.66. The number of benzene rings is 1. The fraction of sp³-hybridized carbons (Fsp3) is 0.421. The fourth-order valence-corrected chi connectivity index (χ4v) is 3.20. The van der Waals surface area contributed by atoms with Crippen molar-refractivity contribution in [2.45, 2.75) is 45.8 Å². The molecule has 3 rings (SSSR count). The standard InChI is InChI=1S/C19H22F3N7O/c1-4-14(11-13-9-7-6-8-10-13)28(5-2)16(30)15-23-12(3)29(27-15)18-24-17(25-26-18)19(20,21)22/h6-10,14H,4-5,11H2,1-3H3,(H,24,25,26). The SMILES string of the molecule is CCC(Cc1ccccc1)N(CC)C(=O)c1nc(C)n(-c2n[nH]c(C(F)(F)F)n2)n1. The smallest absolute Gasteiger partial charge is 0.333 e. The van der Waals surface area contributed by atoms with Crippen LogP contribution in [0.25, 0.3) is 5.95 Å². The third-order valence-electron chi connectivity index (χ3n) is 4.72. The highest BCUT2D eigenvalue weighted by Gasteiger charge is 2.36. The first-order chi connectivity index (χ1) is 14.2. The van der Waals surface area contributed by atoms with Gasteiger partial charge in [-0.1, -0.05) is 37.3 Å². The molecule has 160 valence electrons. The van der Waals surface area contributed by atoms with Crippen molar-refractivity contribution in [1.82, 2.24) is 34.8 Å². The first kappa shape index (κ1) is 21.5. The zero-order valence-corrected chi connectivity index (χ0v) is 16.8. The van der Waals surface area contributed by atoms with Gasteiger partial charge in [0.15, 0.2) is 0 Å². The minimum Gasteiger partial charge on any atom is -0.333 e. The molecule has 0 spiro atoms. The van der Waals surface area contributed by atoms with Crippen LogP contribution in [-0.4, -0.2) is 53.3 Å². The molecule has 0 aliphatic carbocycles. The van der Waals surface area contributed by atoms with Gasteiger partial charge in [-0.05, 0) is 32.3 Å². The molecule has 0 aliphatic rings. The lowest BCUT2D eigenvalue weighted by atomic mass is 10.0.